The van der Waals surface area contributed by atoms with E-state index in [4.69, 9.17) is 0 Å². The van der Waals surface area contributed by atoms with Crippen molar-refractivity contribution in [1.29, 1.82) is 0 Å². The van der Waals surface area contributed by atoms with Crippen molar-refractivity contribution in [2.45, 2.75) is 38.9 Å². The average Bonchev–Trinajstić information content (AvgIpc) is 2.40. The highest BCUT2D eigenvalue weighted by Gasteiger charge is 2.35. The summed E-state index contributed by atoms with van der Waals surface area (Å²) in [6.45, 7) is 7.21. The summed E-state index contributed by atoms with van der Waals surface area (Å²) in [6.07, 6.45) is 3.48. The molecule has 1 N–H and O–H groups in total. The second kappa shape index (κ2) is 2.76. The highest BCUT2D eigenvalue weighted by Crippen LogP contribution is 2.23. The molecule has 0 aromatic carbocycles. The molecular weight excluding hydrogens is 136 g/mol. The number of nitrogens with zero attached hydrogens (tertiary/aromatic N) is 1. The van der Waals surface area contributed by atoms with E-state index in [9.17, 15) is 0 Å². The summed E-state index contributed by atoms with van der Waals surface area (Å²) >= 11 is 0. The molecule has 0 bridgehead atoms. The van der Waals surface area contributed by atoms with E-state index >= 15 is 0 Å². The Labute approximate surface area is 69.0 Å². The molecule has 2 heteroatoms. The van der Waals surface area contributed by atoms with E-state index < -0.39 is 0 Å². The van der Waals surface area contributed by atoms with Crippen LogP contribution in [0.4, 0.5) is 0 Å². The van der Waals surface area contributed by atoms with Crippen LogP contribution in [0.5, 0.6) is 0 Å². The molecule has 2 rings (SSSR count). The van der Waals surface area contributed by atoms with E-state index in [2.05, 4.69) is 24.1 Å². The molecule has 64 valence electrons. The monoisotopic (exact) mass is 154 g/mol. The van der Waals surface area contributed by atoms with Crippen molar-refractivity contribution in [3.63, 3.8) is 0 Å². The first-order chi connectivity index (χ1) is 5.27. The quantitative estimate of drug-likeness (QED) is 0.607. The summed E-state index contributed by atoms with van der Waals surface area (Å²) in [5.74, 6) is 0.792. The predicted octanol–water partition coefficient (Wildman–Crippen LogP) is 1.04. The first kappa shape index (κ1) is 7.56. The summed E-state index contributed by atoms with van der Waals surface area (Å²) in [5, 5.41) is 3.68. The maximum atomic E-state index is 3.68. The third-order valence-electron chi connectivity index (χ3n) is 3.01. The van der Waals surface area contributed by atoms with Gasteiger partial charge in [-0.2, -0.15) is 0 Å². The van der Waals surface area contributed by atoms with Crippen molar-refractivity contribution in [3.05, 3.63) is 0 Å². The number of nitrogens with one attached hydrogen (secondary N) is 1. The number of hydrogen-bond donors (Lipinski definition) is 1. The maximum Gasteiger partial charge on any atom is 0.0600 e. The highest BCUT2D eigenvalue weighted by molar-refractivity contribution is 4.91. The first-order valence-electron chi connectivity index (χ1n) is 4.77. The van der Waals surface area contributed by atoms with E-state index in [1.165, 1.54) is 25.9 Å². The zero-order chi connectivity index (χ0) is 7.84. The molecule has 2 fully saturated rings. The Kier molecular flexibility index (Phi) is 1.90. The molecule has 2 aliphatic rings. The second-order valence-electron chi connectivity index (χ2n) is 4.17. The summed E-state index contributed by atoms with van der Waals surface area (Å²) in [4.78, 5) is 2.59. The second-order valence-corrected chi connectivity index (χ2v) is 4.17. The van der Waals surface area contributed by atoms with E-state index in [1.807, 2.05) is 0 Å². The van der Waals surface area contributed by atoms with Crippen molar-refractivity contribution in [2.24, 2.45) is 5.92 Å². The summed E-state index contributed by atoms with van der Waals surface area (Å²) in [6, 6.07) is 0.750. The minimum absolute atomic E-state index is 0.724. The lowest BCUT2D eigenvalue weighted by atomic mass is 10.1. The van der Waals surface area contributed by atoms with Gasteiger partial charge in [0.25, 0.3) is 0 Å². The lowest BCUT2D eigenvalue weighted by Crippen LogP contribution is -2.34. The summed E-state index contributed by atoms with van der Waals surface area (Å²) < 4.78 is 0. The summed E-state index contributed by atoms with van der Waals surface area (Å²) in [5.41, 5.74) is 0. The molecule has 0 saturated carbocycles. The van der Waals surface area contributed by atoms with Gasteiger partial charge in [-0.25, -0.2) is 0 Å². The third kappa shape index (κ3) is 1.30. The van der Waals surface area contributed by atoms with Gasteiger partial charge in [0.05, 0.1) is 6.17 Å². The van der Waals surface area contributed by atoms with E-state index in [-0.39, 0.29) is 0 Å². The molecule has 2 heterocycles. The van der Waals surface area contributed by atoms with Crippen LogP contribution < -0.4 is 5.32 Å². The van der Waals surface area contributed by atoms with Crippen LogP contribution in [0.25, 0.3) is 0 Å². The number of fused-ring (bicyclic) bond motifs is 1. The predicted molar refractivity (Wildman–Crippen MR) is 46.4 cm³/mol. The molecule has 2 atom stereocenters. The normalized spacial score (nSPS) is 38.5. The SMILES string of the molecule is CC(C)C1CN2CCCC2N1. The molecule has 11 heavy (non-hydrogen) atoms. The lowest BCUT2D eigenvalue weighted by Gasteiger charge is -2.14. The van der Waals surface area contributed by atoms with Crippen molar-refractivity contribution < 1.29 is 0 Å². The lowest BCUT2D eigenvalue weighted by molar-refractivity contribution is 0.310. The van der Waals surface area contributed by atoms with Gasteiger partial charge < -0.3 is 0 Å². The van der Waals surface area contributed by atoms with Crippen LogP contribution in [0, 0.1) is 5.92 Å². The smallest absolute Gasteiger partial charge is 0.0600 e. The standard InChI is InChI=1S/C9H18N2/c1-7(2)8-6-11-5-3-4-9(11)10-8/h7-10H,3-6H2,1-2H3. The Bertz CT molecular complexity index is 132. The Morgan fingerprint density at radius 2 is 2.27 bits per heavy atom. The van der Waals surface area contributed by atoms with Gasteiger partial charge in [0.1, 0.15) is 0 Å². The molecule has 2 saturated heterocycles. The van der Waals surface area contributed by atoms with Crippen molar-refractivity contribution >= 4 is 0 Å². The van der Waals surface area contributed by atoms with Gasteiger partial charge in [0.15, 0.2) is 0 Å². The first-order valence-corrected chi connectivity index (χ1v) is 4.77. The molecule has 2 nitrogen and oxygen atoms in total. The van der Waals surface area contributed by atoms with Crippen LogP contribution in [0.15, 0.2) is 0 Å². The fourth-order valence-corrected chi connectivity index (χ4v) is 2.19. The Balaban J connectivity index is 1.94. The minimum atomic E-state index is 0.724. The van der Waals surface area contributed by atoms with Crippen LogP contribution >= 0.6 is 0 Å². The van der Waals surface area contributed by atoms with Crippen LogP contribution in [-0.4, -0.2) is 30.2 Å². The largest absolute Gasteiger partial charge is 0.297 e. The molecule has 2 aliphatic heterocycles. The fraction of sp³-hybridized carbons (Fsp3) is 1.00. The Morgan fingerprint density at radius 1 is 1.45 bits per heavy atom. The average molecular weight is 154 g/mol. The van der Waals surface area contributed by atoms with Gasteiger partial charge in [0, 0.05) is 12.6 Å². The van der Waals surface area contributed by atoms with Crippen molar-refractivity contribution in [3.8, 4) is 0 Å². The molecule has 0 radical (unpaired) electrons. The van der Waals surface area contributed by atoms with E-state index in [0.29, 0.717) is 0 Å². The van der Waals surface area contributed by atoms with Crippen LogP contribution in [-0.2, 0) is 0 Å². The van der Waals surface area contributed by atoms with Gasteiger partial charge in [-0.1, -0.05) is 13.8 Å². The molecule has 0 spiro atoms. The van der Waals surface area contributed by atoms with Crippen LogP contribution in [0.1, 0.15) is 26.7 Å². The topological polar surface area (TPSA) is 15.3 Å². The fourth-order valence-electron chi connectivity index (χ4n) is 2.19. The zero-order valence-electron chi connectivity index (χ0n) is 7.51. The van der Waals surface area contributed by atoms with Gasteiger partial charge in [-0.15, -0.1) is 0 Å². The highest BCUT2D eigenvalue weighted by atomic mass is 15.4. The van der Waals surface area contributed by atoms with Gasteiger partial charge in [-0.05, 0) is 25.3 Å². The Hall–Kier alpha value is -0.0800. The third-order valence-corrected chi connectivity index (χ3v) is 3.01. The van der Waals surface area contributed by atoms with Gasteiger partial charge in [0.2, 0.25) is 0 Å². The Morgan fingerprint density at radius 3 is 2.91 bits per heavy atom. The number of hydrogen-bond acceptors (Lipinski definition) is 2. The zero-order valence-corrected chi connectivity index (χ0v) is 7.51. The van der Waals surface area contributed by atoms with Crippen LogP contribution in [0.3, 0.4) is 0 Å². The van der Waals surface area contributed by atoms with Crippen molar-refractivity contribution in [1.82, 2.24) is 10.2 Å². The maximum absolute atomic E-state index is 3.68. The van der Waals surface area contributed by atoms with Crippen molar-refractivity contribution in [2.75, 3.05) is 13.1 Å². The van der Waals surface area contributed by atoms with E-state index in [0.717, 1.165) is 18.1 Å². The number of rotatable bonds is 1. The molecule has 0 aromatic rings. The van der Waals surface area contributed by atoms with Gasteiger partial charge in [-0.3, -0.25) is 10.2 Å². The minimum Gasteiger partial charge on any atom is -0.297 e. The molecule has 0 amide bonds. The van der Waals surface area contributed by atoms with Gasteiger partial charge >= 0.3 is 0 Å². The van der Waals surface area contributed by atoms with E-state index in [1.54, 1.807) is 0 Å². The molecule has 2 unspecified atom stereocenters. The van der Waals surface area contributed by atoms with Crippen LogP contribution in [0.2, 0.25) is 0 Å². The molecule has 0 aromatic heterocycles. The molecular formula is C9H18N2. The summed E-state index contributed by atoms with van der Waals surface area (Å²) in [7, 11) is 0. The molecule has 0 aliphatic carbocycles.